The summed E-state index contributed by atoms with van der Waals surface area (Å²) in [5.74, 6) is 1.74. The van der Waals surface area contributed by atoms with Crippen molar-refractivity contribution in [2.24, 2.45) is 5.92 Å². The smallest absolute Gasteiger partial charge is 0.226 e. The van der Waals surface area contributed by atoms with Crippen LogP contribution in [0.3, 0.4) is 0 Å². The average Bonchev–Trinajstić information content (AvgIpc) is 3.44. The van der Waals surface area contributed by atoms with E-state index in [-0.39, 0.29) is 5.92 Å². The molecule has 0 aliphatic carbocycles. The van der Waals surface area contributed by atoms with Gasteiger partial charge in [-0.2, -0.15) is 0 Å². The maximum Gasteiger partial charge on any atom is 0.226 e. The SMILES string of the molecule is Cc1csc2c(N3CCC(N4CCCC(C(=O)N5CCCC5)C4)CC3)ncnc12. The van der Waals surface area contributed by atoms with Crippen LogP contribution in [0.5, 0.6) is 0 Å². The van der Waals surface area contributed by atoms with Crippen LogP contribution in [0.15, 0.2) is 11.7 Å². The highest BCUT2D eigenvalue weighted by molar-refractivity contribution is 7.18. The monoisotopic (exact) mass is 413 g/mol. The highest BCUT2D eigenvalue weighted by Gasteiger charge is 2.34. The van der Waals surface area contributed by atoms with Gasteiger partial charge in [-0.3, -0.25) is 9.69 Å². The molecule has 29 heavy (non-hydrogen) atoms. The summed E-state index contributed by atoms with van der Waals surface area (Å²) in [5, 5.41) is 2.18. The van der Waals surface area contributed by atoms with Gasteiger partial charge in [-0.1, -0.05) is 0 Å². The molecule has 3 fully saturated rings. The van der Waals surface area contributed by atoms with E-state index in [9.17, 15) is 4.79 Å². The largest absolute Gasteiger partial charge is 0.355 e. The first-order chi connectivity index (χ1) is 14.2. The van der Waals surface area contributed by atoms with E-state index in [1.807, 2.05) is 0 Å². The van der Waals surface area contributed by atoms with Gasteiger partial charge in [-0.25, -0.2) is 9.97 Å². The number of anilines is 1. The first-order valence-corrected chi connectivity index (χ1v) is 12.1. The summed E-state index contributed by atoms with van der Waals surface area (Å²) in [6.07, 6.45) is 8.61. The normalized spacial score (nSPS) is 24.5. The molecule has 1 unspecified atom stereocenters. The number of carbonyl (C=O) groups is 1. The van der Waals surface area contributed by atoms with Crippen molar-refractivity contribution in [1.82, 2.24) is 19.8 Å². The zero-order valence-electron chi connectivity index (χ0n) is 17.3. The van der Waals surface area contributed by atoms with Gasteiger partial charge in [0.05, 0.1) is 16.1 Å². The molecule has 0 aromatic carbocycles. The van der Waals surface area contributed by atoms with Crippen molar-refractivity contribution in [3.05, 3.63) is 17.3 Å². The number of rotatable bonds is 3. The molecule has 3 aliphatic heterocycles. The molecule has 5 rings (SSSR count). The molecule has 0 radical (unpaired) electrons. The van der Waals surface area contributed by atoms with E-state index in [1.54, 1.807) is 17.7 Å². The summed E-state index contributed by atoms with van der Waals surface area (Å²) < 4.78 is 1.22. The number of amides is 1. The van der Waals surface area contributed by atoms with Crippen LogP contribution < -0.4 is 4.90 Å². The van der Waals surface area contributed by atoms with E-state index < -0.39 is 0 Å². The predicted octanol–water partition coefficient (Wildman–Crippen LogP) is 3.30. The van der Waals surface area contributed by atoms with E-state index in [0.717, 1.165) is 76.3 Å². The Kier molecular flexibility index (Phi) is 5.43. The van der Waals surface area contributed by atoms with Crippen molar-refractivity contribution in [3.8, 4) is 0 Å². The topological polar surface area (TPSA) is 52.6 Å². The van der Waals surface area contributed by atoms with Crippen molar-refractivity contribution in [2.75, 3.05) is 44.2 Å². The molecule has 3 aliphatic rings. The summed E-state index contributed by atoms with van der Waals surface area (Å²) in [6, 6.07) is 0.600. The van der Waals surface area contributed by atoms with Gasteiger partial charge in [0.15, 0.2) is 0 Å². The molecule has 0 saturated carbocycles. The molecule has 2 aromatic rings. The van der Waals surface area contributed by atoms with Crippen LogP contribution >= 0.6 is 11.3 Å². The number of fused-ring (bicyclic) bond motifs is 1. The Morgan fingerprint density at radius 2 is 1.83 bits per heavy atom. The molecule has 1 atom stereocenters. The number of aromatic nitrogens is 2. The Balaban J connectivity index is 1.21. The molecule has 0 bridgehead atoms. The summed E-state index contributed by atoms with van der Waals surface area (Å²) in [4.78, 5) is 29.1. The van der Waals surface area contributed by atoms with Crippen LogP contribution in [0.25, 0.3) is 10.2 Å². The Bertz CT molecular complexity index is 869. The van der Waals surface area contributed by atoms with Gasteiger partial charge in [-0.05, 0) is 62.9 Å². The van der Waals surface area contributed by atoms with Crippen molar-refractivity contribution < 1.29 is 4.79 Å². The molecular weight excluding hydrogens is 382 g/mol. The van der Waals surface area contributed by atoms with Gasteiger partial charge in [0.25, 0.3) is 0 Å². The molecular formula is C22H31N5OS. The lowest BCUT2D eigenvalue weighted by molar-refractivity contribution is -0.136. The van der Waals surface area contributed by atoms with E-state index >= 15 is 0 Å². The number of hydrogen-bond donors (Lipinski definition) is 0. The van der Waals surface area contributed by atoms with E-state index in [4.69, 9.17) is 0 Å². The van der Waals surface area contributed by atoms with E-state index in [1.165, 1.54) is 23.1 Å². The van der Waals surface area contributed by atoms with Gasteiger partial charge in [0.2, 0.25) is 5.91 Å². The first-order valence-electron chi connectivity index (χ1n) is 11.2. The molecule has 2 aromatic heterocycles. The fraction of sp³-hybridized carbons (Fsp3) is 0.682. The second-order valence-electron chi connectivity index (χ2n) is 8.88. The first kappa shape index (κ1) is 19.2. The number of thiophene rings is 1. The van der Waals surface area contributed by atoms with Crippen LogP contribution in [-0.4, -0.2) is 71.0 Å². The fourth-order valence-electron chi connectivity index (χ4n) is 5.36. The molecule has 0 spiro atoms. The number of nitrogens with zero attached hydrogens (tertiary/aromatic N) is 5. The average molecular weight is 414 g/mol. The Hall–Kier alpha value is -1.73. The number of hydrogen-bond acceptors (Lipinski definition) is 6. The second-order valence-corrected chi connectivity index (χ2v) is 9.76. The van der Waals surface area contributed by atoms with Gasteiger partial charge < -0.3 is 9.80 Å². The van der Waals surface area contributed by atoms with Crippen molar-refractivity contribution in [3.63, 3.8) is 0 Å². The van der Waals surface area contributed by atoms with E-state index in [2.05, 4.69) is 37.0 Å². The van der Waals surface area contributed by atoms with Crippen LogP contribution in [-0.2, 0) is 4.79 Å². The summed E-state index contributed by atoms with van der Waals surface area (Å²) in [6.45, 7) is 8.26. The third kappa shape index (κ3) is 3.75. The number of piperidine rings is 2. The maximum atomic E-state index is 12.9. The van der Waals surface area contributed by atoms with Crippen LogP contribution in [0.1, 0.15) is 44.1 Å². The zero-order valence-corrected chi connectivity index (χ0v) is 18.2. The van der Waals surface area contributed by atoms with Crippen LogP contribution in [0, 0.1) is 12.8 Å². The van der Waals surface area contributed by atoms with Gasteiger partial charge >= 0.3 is 0 Å². The molecule has 1 amide bonds. The van der Waals surface area contributed by atoms with E-state index in [0.29, 0.717) is 11.9 Å². The predicted molar refractivity (Wildman–Crippen MR) is 117 cm³/mol. The minimum atomic E-state index is 0.218. The molecule has 156 valence electrons. The quantitative estimate of drug-likeness (QED) is 0.773. The highest BCUT2D eigenvalue weighted by Crippen LogP contribution is 2.33. The molecule has 0 N–H and O–H groups in total. The number of aryl methyl sites for hydroxylation is 1. The lowest BCUT2D eigenvalue weighted by atomic mass is 9.93. The third-order valence-electron chi connectivity index (χ3n) is 7.01. The zero-order chi connectivity index (χ0) is 19.8. The fourth-order valence-corrected chi connectivity index (χ4v) is 6.38. The highest BCUT2D eigenvalue weighted by atomic mass is 32.1. The van der Waals surface area contributed by atoms with Crippen molar-refractivity contribution >= 4 is 33.3 Å². The number of carbonyl (C=O) groups excluding carboxylic acids is 1. The van der Waals surface area contributed by atoms with Gasteiger partial charge in [0, 0.05) is 38.8 Å². The van der Waals surface area contributed by atoms with Crippen molar-refractivity contribution in [2.45, 2.75) is 51.5 Å². The minimum absolute atomic E-state index is 0.218. The molecule has 5 heterocycles. The lowest BCUT2D eigenvalue weighted by Crippen LogP contribution is -2.51. The second kappa shape index (κ2) is 8.19. The third-order valence-corrected chi connectivity index (χ3v) is 8.10. The van der Waals surface area contributed by atoms with Crippen molar-refractivity contribution in [1.29, 1.82) is 0 Å². The summed E-state index contributed by atoms with van der Waals surface area (Å²) in [7, 11) is 0. The van der Waals surface area contributed by atoms with Crippen LogP contribution in [0.4, 0.5) is 5.82 Å². The molecule has 6 nitrogen and oxygen atoms in total. The number of likely N-dealkylation sites (tertiary alicyclic amines) is 2. The summed E-state index contributed by atoms with van der Waals surface area (Å²) in [5.41, 5.74) is 2.34. The Labute approximate surface area is 176 Å². The van der Waals surface area contributed by atoms with Crippen LogP contribution in [0.2, 0.25) is 0 Å². The van der Waals surface area contributed by atoms with Gasteiger partial charge in [0.1, 0.15) is 12.1 Å². The standard InChI is InChI=1S/C22H31N5OS/c1-16-14-29-20-19(16)23-15-24-21(20)25-11-6-18(7-12-25)27-10-4-5-17(13-27)22(28)26-8-2-3-9-26/h14-15,17-18H,2-13H2,1H3. The molecule has 7 heteroatoms. The van der Waals surface area contributed by atoms with Gasteiger partial charge in [-0.15, -0.1) is 11.3 Å². The molecule has 3 saturated heterocycles. The lowest BCUT2D eigenvalue weighted by Gasteiger charge is -2.42. The Morgan fingerprint density at radius 3 is 2.62 bits per heavy atom. The minimum Gasteiger partial charge on any atom is -0.355 e. The summed E-state index contributed by atoms with van der Waals surface area (Å²) >= 11 is 1.76. The Morgan fingerprint density at radius 1 is 1.03 bits per heavy atom. The maximum absolute atomic E-state index is 12.9.